The van der Waals surface area contributed by atoms with Gasteiger partial charge in [-0.1, -0.05) is 23.7 Å². The van der Waals surface area contributed by atoms with Crippen molar-refractivity contribution in [2.24, 2.45) is 0 Å². The first kappa shape index (κ1) is 25.1. The molecule has 2 aromatic heterocycles. The van der Waals surface area contributed by atoms with Crippen LogP contribution in [0.5, 0.6) is 0 Å². The monoisotopic (exact) mass is 521 g/mol. The van der Waals surface area contributed by atoms with Crippen LogP contribution in [0.2, 0.25) is 5.02 Å². The summed E-state index contributed by atoms with van der Waals surface area (Å²) in [5.41, 5.74) is 1.06. The van der Waals surface area contributed by atoms with Crippen LogP contribution in [0.1, 0.15) is 24.2 Å². The van der Waals surface area contributed by atoms with Crippen molar-refractivity contribution in [3.8, 4) is 11.1 Å². The molecule has 0 unspecified atom stereocenters. The summed E-state index contributed by atoms with van der Waals surface area (Å²) >= 11 is 6.52. The molecule has 4 nitrogen and oxygen atoms in total. The van der Waals surface area contributed by atoms with Crippen molar-refractivity contribution in [3.05, 3.63) is 82.1 Å². The van der Waals surface area contributed by atoms with Crippen LogP contribution in [-0.2, 0) is 4.57 Å². The van der Waals surface area contributed by atoms with Crippen LogP contribution in [-0.4, -0.2) is 23.3 Å². The average molecular weight is 522 g/mol. The zero-order valence-corrected chi connectivity index (χ0v) is 20.9. The molecule has 0 spiro atoms. The molecule has 0 fully saturated rings. The number of nitrogens with zero attached hydrogens (tertiary/aromatic N) is 2. The standard InChI is InChI=1S/C25H21ClF4N3OP/c1-12(15-6-5-7-18(27)23(15)30)33-24-17-9-16(19(28)10-21(17)32-13(2)22(24)26)14-8-20(29)25(31-11-14)35(3,4)34/h5-12H,1-4H3,(H,32,33)/t12-/m1/s1. The van der Waals surface area contributed by atoms with Crippen LogP contribution in [0.25, 0.3) is 22.0 Å². The van der Waals surface area contributed by atoms with Gasteiger partial charge in [0.05, 0.1) is 28.0 Å². The summed E-state index contributed by atoms with van der Waals surface area (Å²) < 4.78 is 70.1. The van der Waals surface area contributed by atoms with E-state index < -0.39 is 36.5 Å². The Morgan fingerprint density at radius 2 is 1.74 bits per heavy atom. The fourth-order valence-electron chi connectivity index (χ4n) is 3.87. The molecule has 0 amide bonds. The van der Waals surface area contributed by atoms with E-state index in [1.807, 2.05) is 0 Å². The number of rotatable bonds is 5. The summed E-state index contributed by atoms with van der Waals surface area (Å²) in [6.45, 7) is 6.06. The van der Waals surface area contributed by atoms with E-state index in [0.717, 1.165) is 12.1 Å². The van der Waals surface area contributed by atoms with Gasteiger partial charge in [-0.2, -0.15) is 0 Å². The number of benzene rings is 2. The Labute approximate surface area is 204 Å². The summed E-state index contributed by atoms with van der Waals surface area (Å²) in [4.78, 5) is 8.30. The summed E-state index contributed by atoms with van der Waals surface area (Å²) in [6, 6.07) is 6.86. The molecule has 2 aromatic carbocycles. The van der Waals surface area contributed by atoms with E-state index in [1.54, 1.807) is 13.8 Å². The maximum atomic E-state index is 15.1. The molecule has 35 heavy (non-hydrogen) atoms. The number of pyridine rings is 2. The molecule has 0 bridgehead atoms. The van der Waals surface area contributed by atoms with Crippen LogP contribution >= 0.6 is 18.7 Å². The molecular formula is C25H21ClF4N3OP. The van der Waals surface area contributed by atoms with E-state index in [4.69, 9.17) is 11.6 Å². The second kappa shape index (κ2) is 9.25. The molecule has 1 atom stereocenters. The third kappa shape index (κ3) is 4.78. The molecule has 10 heteroatoms. The molecule has 0 aliphatic heterocycles. The first-order valence-corrected chi connectivity index (χ1v) is 13.6. The molecule has 0 saturated heterocycles. The van der Waals surface area contributed by atoms with Gasteiger partial charge >= 0.3 is 0 Å². The maximum Gasteiger partial charge on any atom is 0.164 e. The molecule has 0 aliphatic rings. The molecule has 182 valence electrons. The number of hydrogen-bond donors (Lipinski definition) is 1. The minimum atomic E-state index is -2.97. The minimum Gasteiger partial charge on any atom is -0.377 e. The smallest absolute Gasteiger partial charge is 0.164 e. The highest BCUT2D eigenvalue weighted by Crippen LogP contribution is 2.39. The number of halogens is 5. The number of aromatic nitrogens is 2. The van der Waals surface area contributed by atoms with Gasteiger partial charge in [-0.15, -0.1) is 0 Å². The van der Waals surface area contributed by atoms with Gasteiger partial charge in [-0.05, 0) is 45.4 Å². The fourth-order valence-corrected chi connectivity index (χ4v) is 4.98. The predicted octanol–water partition coefficient (Wildman–Crippen LogP) is 7.24. The van der Waals surface area contributed by atoms with Crippen LogP contribution in [0.3, 0.4) is 0 Å². The van der Waals surface area contributed by atoms with Gasteiger partial charge in [-0.25, -0.2) is 22.5 Å². The van der Waals surface area contributed by atoms with E-state index in [9.17, 15) is 17.7 Å². The first-order valence-electron chi connectivity index (χ1n) is 10.6. The van der Waals surface area contributed by atoms with Crippen molar-refractivity contribution < 1.29 is 22.1 Å². The van der Waals surface area contributed by atoms with Crippen molar-refractivity contribution in [3.63, 3.8) is 0 Å². The van der Waals surface area contributed by atoms with Crippen molar-refractivity contribution >= 4 is 40.8 Å². The minimum absolute atomic E-state index is 0.0202. The number of fused-ring (bicyclic) bond motifs is 1. The topological polar surface area (TPSA) is 54.9 Å². The van der Waals surface area contributed by atoms with Crippen molar-refractivity contribution in [2.75, 3.05) is 18.6 Å². The van der Waals surface area contributed by atoms with Crippen LogP contribution < -0.4 is 10.8 Å². The lowest BCUT2D eigenvalue weighted by molar-refractivity contribution is 0.495. The van der Waals surface area contributed by atoms with Gasteiger partial charge in [0.1, 0.15) is 18.4 Å². The van der Waals surface area contributed by atoms with E-state index >= 15 is 4.39 Å². The normalized spacial score (nSPS) is 12.7. The second-order valence-corrected chi connectivity index (χ2v) is 12.1. The summed E-state index contributed by atoms with van der Waals surface area (Å²) in [5, 5.41) is 3.70. The number of aryl methyl sites for hydroxylation is 1. The zero-order chi connectivity index (χ0) is 25.7. The Balaban J connectivity index is 1.87. The first-order chi connectivity index (χ1) is 16.4. The lowest BCUT2D eigenvalue weighted by Crippen LogP contribution is -2.13. The molecule has 0 aliphatic carbocycles. The number of hydrogen-bond acceptors (Lipinski definition) is 4. The highest BCUT2D eigenvalue weighted by atomic mass is 35.5. The highest BCUT2D eigenvalue weighted by Gasteiger charge is 2.22. The van der Waals surface area contributed by atoms with Gasteiger partial charge in [0.25, 0.3) is 0 Å². The Bertz CT molecular complexity index is 1520. The molecule has 0 radical (unpaired) electrons. The van der Waals surface area contributed by atoms with E-state index in [2.05, 4.69) is 15.3 Å². The largest absolute Gasteiger partial charge is 0.377 e. The molecule has 1 N–H and O–H groups in total. The predicted molar refractivity (Wildman–Crippen MR) is 132 cm³/mol. The van der Waals surface area contributed by atoms with Gasteiger partial charge in [0.2, 0.25) is 0 Å². The van der Waals surface area contributed by atoms with E-state index in [1.165, 1.54) is 43.8 Å². The van der Waals surface area contributed by atoms with Crippen LogP contribution in [0, 0.1) is 30.2 Å². The van der Waals surface area contributed by atoms with Gasteiger partial charge in [0, 0.05) is 34.3 Å². The quantitative estimate of drug-likeness (QED) is 0.222. The number of anilines is 1. The van der Waals surface area contributed by atoms with Crippen LogP contribution in [0.15, 0.2) is 42.6 Å². The average Bonchev–Trinajstić information content (AvgIpc) is 2.77. The lowest BCUT2D eigenvalue weighted by Gasteiger charge is -2.20. The lowest BCUT2D eigenvalue weighted by atomic mass is 10.0. The molecule has 4 rings (SSSR count). The van der Waals surface area contributed by atoms with Crippen molar-refractivity contribution in [2.45, 2.75) is 19.9 Å². The summed E-state index contributed by atoms with van der Waals surface area (Å²) in [7, 11) is -2.97. The highest BCUT2D eigenvalue weighted by molar-refractivity contribution is 7.69. The Hall–Kier alpha value is -2.96. The van der Waals surface area contributed by atoms with Gasteiger partial charge < -0.3 is 9.88 Å². The van der Waals surface area contributed by atoms with Crippen molar-refractivity contribution in [1.29, 1.82) is 0 Å². The van der Waals surface area contributed by atoms with Crippen molar-refractivity contribution in [1.82, 2.24) is 9.97 Å². The van der Waals surface area contributed by atoms with E-state index in [0.29, 0.717) is 16.8 Å². The third-order valence-electron chi connectivity index (χ3n) is 5.63. The fraction of sp³-hybridized carbons (Fsp3) is 0.200. The van der Waals surface area contributed by atoms with E-state index in [-0.39, 0.29) is 32.7 Å². The zero-order valence-electron chi connectivity index (χ0n) is 19.3. The maximum absolute atomic E-state index is 15.1. The molecular weight excluding hydrogens is 501 g/mol. The Morgan fingerprint density at radius 1 is 1.03 bits per heavy atom. The van der Waals surface area contributed by atoms with Gasteiger partial charge in [0.15, 0.2) is 17.5 Å². The molecule has 0 saturated carbocycles. The number of nitrogens with one attached hydrogen (secondary N) is 1. The third-order valence-corrected chi connectivity index (χ3v) is 7.44. The van der Waals surface area contributed by atoms with Gasteiger partial charge in [-0.3, -0.25) is 4.98 Å². The summed E-state index contributed by atoms with van der Waals surface area (Å²) in [5.74, 6) is -3.45. The second-order valence-electron chi connectivity index (χ2n) is 8.62. The van der Waals surface area contributed by atoms with Crippen LogP contribution in [0.4, 0.5) is 23.2 Å². The molecule has 2 heterocycles. The Kier molecular flexibility index (Phi) is 6.64. The Morgan fingerprint density at radius 3 is 2.40 bits per heavy atom. The summed E-state index contributed by atoms with van der Waals surface area (Å²) in [6.07, 6.45) is 1.25. The SMILES string of the molecule is Cc1nc2cc(F)c(-c3cnc(P(C)(C)=O)c(F)c3)cc2c(N[C@H](C)c2cccc(F)c2F)c1Cl. The molecule has 4 aromatic rings.